The largest absolute Gasteiger partial charge is 0.442 e. The first-order valence-corrected chi connectivity index (χ1v) is 6.44. The maximum atomic E-state index is 5.64. The van der Waals surface area contributed by atoms with E-state index in [0.29, 0.717) is 6.54 Å². The summed E-state index contributed by atoms with van der Waals surface area (Å²) in [5.41, 5.74) is 7.99. The molecule has 0 fully saturated rings. The number of hydrogen-bond donors (Lipinski definition) is 1. The van der Waals surface area contributed by atoms with Gasteiger partial charge >= 0.3 is 0 Å². The Morgan fingerprint density at radius 2 is 2.25 bits per heavy atom. The molecule has 3 nitrogen and oxygen atoms in total. The molecule has 3 rings (SSSR count). The fourth-order valence-electron chi connectivity index (χ4n) is 2.22. The second-order valence-corrected chi connectivity index (χ2v) is 5.24. The van der Waals surface area contributed by atoms with Crippen LogP contribution >= 0.6 is 11.3 Å². The van der Waals surface area contributed by atoms with E-state index in [0.717, 1.165) is 11.5 Å². The fourth-order valence-corrected chi connectivity index (χ4v) is 3.48. The molecule has 0 aromatic carbocycles. The summed E-state index contributed by atoms with van der Waals surface area (Å²) in [6.07, 6.45) is 6.52. The Morgan fingerprint density at radius 3 is 3.06 bits per heavy atom. The number of aromatic nitrogens is 1. The number of nitrogens with two attached hydrogens (primary N) is 1. The lowest BCUT2D eigenvalue weighted by atomic mass is 9.99. The predicted octanol–water partition coefficient (Wildman–Crippen LogP) is 2.74. The third-order valence-corrected chi connectivity index (χ3v) is 4.29. The van der Waals surface area contributed by atoms with E-state index in [9.17, 15) is 0 Å². The van der Waals surface area contributed by atoms with Crippen LogP contribution in [-0.2, 0) is 19.4 Å². The zero-order chi connectivity index (χ0) is 11.0. The monoisotopic (exact) mass is 234 g/mol. The van der Waals surface area contributed by atoms with Gasteiger partial charge in [-0.1, -0.05) is 0 Å². The van der Waals surface area contributed by atoms with E-state index >= 15 is 0 Å². The molecule has 2 N–H and O–H groups in total. The van der Waals surface area contributed by atoms with Crippen molar-refractivity contribution >= 4 is 11.3 Å². The van der Waals surface area contributed by atoms with Gasteiger partial charge in [0.2, 0.25) is 0 Å². The van der Waals surface area contributed by atoms with Crippen LogP contribution in [0.15, 0.2) is 16.9 Å². The van der Waals surface area contributed by atoms with Gasteiger partial charge in [0, 0.05) is 11.4 Å². The molecule has 0 saturated heterocycles. The quantitative estimate of drug-likeness (QED) is 0.869. The molecule has 84 valence electrons. The normalized spacial score (nSPS) is 15.1. The van der Waals surface area contributed by atoms with E-state index in [1.807, 2.05) is 11.3 Å². The number of oxazole rings is 1. The fraction of sp³-hybridized carbons (Fsp3) is 0.417. The van der Waals surface area contributed by atoms with E-state index in [4.69, 9.17) is 10.2 Å². The second kappa shape index (κ2) is 4.03. The van der Waals surface area contributed by atoms with Crippen molar-refractivity contribution in [1.82, 2.24) is 4.98 Å². The molecule has 2 aromatic rings. The average Bonchev–Trinajstić information content (AvgIpc) is 2.94. The molecule has 0 spiro atoms. The lowest BCUT2D eigenvalue weighted by Crippen LogP contribution is -1.97. The van der Waals surface area contributed by atoms with Gasteiger partial charge in [0.15, 0.2) is 12.2 Å². The highest BCUT2D eigenvalue weighted by atomic mass is 32.1. The second-order valence-electron chi connectivity index (χ2n) is 4.10. The lowest BCUT2D eigenvalue weighted by molar-refractivity contribution is 0.572. The molecule has 1 aliphatic rings. The Morgan fingerprint density at radius 1 is 1.38 bits per heavy atom. The molecule has 4 heteroatoms. The van der Waals surface area contributed by atoms with Crippen molar-refractivity contribution in [3.05, 3.63) is 28.6 Å². The third kappa shape index (κ3) is 1.58. The van der Waals surface area contributed by atoms with Crippen LogP contribution in [0.1, 0.15) is 29.0 Å². The molecular formula is C12H14N2OS. The summed E-state index contributed by atoms with van der Waals surface area (Å²) in [5.74, 6) is 0.863. The van der Waals surface area contributed by atoms with Crippen molar-refractivity contribution in [1.29, 1.82) is 0 Å². The highest BCUT2D eigenvalue weighted by molar-refractivity contribution is 7.15. The summed E-state index contributed by atoms with van der Waals surface area (Å²) in [6.45, 7) is 0.439. The van der Waals surface area contributed by atoms with Crippen molar-refractivity contribution in [3.63, 3.8) is 0 Å². The van der Waals surface area contributed by atoms with Gasteiger partial charge in [0.1, 0.15) is 5.69 Å². The Kier molecular flexibility index (Phi) is 2.53. The van der Waals surface area contributed by atoms with Gasteiger partial charge in [-0.25, -0.2) is 4.98 Å². The Hall–Kier alpha value is -1.13. The number of hydrogen-bond acceptors (Lipinski definition) is 4. The minimum Gasteiger partial charge on any atom is -0.442 e. The standard InChI is InChI=1S/C12H14N2OS/c13-6-9-12(15-7-14-9)11-5-8-3-1-2-4-10(8)16-11/h5,7H,1-4,6,13H2. The maximum Gasteiger partial charge on any atom is 0.181 e. The SMILES string of the molecule is NCc1ncoc1-c1cc2c(s1)CCCC2. The minimum absolute atomic E-state index is 0.439. The number of aryl methyl sites for hydroxylation is 2. The van der Waals surface area contributed by atoms with Crippen molar-refractivity contribution in [2.24, 2.45) is 5.73 Å². The smallest absolute Gasteiger partial charge is 0.181 e. The van der Waals surface area contributed by atoms with Crippen LogP contribution in [-0.4, -0.2) is 4.98 Å². The maximum absolute atomic E-state index is 5.64. The van der Waals surface area contributed by atoms with Crippen LogP contribution < -0.4 is 5.73 Å². The first-order valence-electron chi connectivity index (χ1n) is 5.63. The Bertz CT molecular complexity index is 477. The topological polar surface area (TPSA) is 52.0 Å². The van der Waals surface area contributed by atoms with E-state index in [1.54, 1.807) is 0 Å². The molecule has 1 aliphatic carbocycles. The van der Waals surface area contributed by atoms with Crippen molar-refractivity contribution < 1.29 is 4.42 Å². The van der Waals surface area contributed by atoms with Crippen LogP contribution in [0.25, 0.3) is 10.6 Å². The number of fused-ring (bicyclic) bond motifs is 1. The first kappa shape index (κ1) is 10.1. The summed E-state index contributed by atoms with van der Waals surface area (Å²) >= 11 is 1.83. The van der Waals surface area contributed by atoms with E-state index in [2.05, 4.69) is 11.1 Å². The molecular weight excluding hydrogens is 220 g/mol. The molecule has 2 aromatic heterocycles. The molecule has 0 amide bonds. The molecule has 0 saturated carbocycles. The van der Waals surface area contributed by atoms with Crippen LogP contribution in [0.3, 0.4) is 0 Å². The summed E-state index contributed by atoms with van der Waals surface area (Å²) in [6, 6.07) is 2.25. The van der Waals surface area contributed by atoms with Crippen molar-refractivity contribution in [3.8, 4) is 10.6 Å². The summed E-state index contributed by atoms with van der Waals surface area (Å²) in [4.78, 5) is 6.83. The third-order valence-electron chi connectivity index (χ3n) is 3.05. The highest BCUT2D eigenvalue weighted by Gasteiger charge is 2.17. The molecule has 2 heterocycles. The highest BCUT2D eigenvalue weighted by Crippen LogP contribution is 2.36. The Balaban J connectivity index is 2.03. The van der Waals surface area contributed by atoms with Gasteiger partial charge < -0.3 is 10.2 Å². The van der Waals surface area contributed by atoms with Crippen LogP contribution in [0.4, 0.5) is 0 Å². The van der Waals surface area contributed by atoms with Crippen molar-refractivity contribution in [2.45, 2.75) is 32.2 Å². The zero-order valence-corrected chi connectivity index (χ0v) is 9.85. The summed E-state index contributed by atoms with van der Waals surface area (Å²) in [7, 11) is 0. The predicted molar refractivity (Wildman–Crippen MR) is 64.3 cm³/mol. The van der Waals surface area contributed by atoms with Gasteiger partial charge in [-0.2, -0.15) is 0 Å². The molecule has 0 atom stereocenters. The zero-order valence-electron chi connectivity index (χ0n) is 9.03. The first-order chi connectivity index (χ1) is 7.88. The number of thiophene rings is 1. The number of nitrogens with zero attached hydrogens (tertiary/aromatic N) is 1. The Labute approximate surface area is 98.3 Å². The summed E-state index contributed by atoms with van der Waals surface area (Å²) < 4.78 is 5.44. The molecule has 16 heavy (non-hydrogen) atoms. The van der Waals surface area contributed by atoms with E-state index < -0.39 is 0 Å². The molecule has 0 bridgehead atoms. The lowest BCUT2D eigenvalue weighted by Gasteiger charge is -2.08. The van der Waals surface area contributed by atoms with Crippen molar-refractivity contribution in [2.75, 3.05) is 0 Å². The minimum atomic E-state index is 0.439. The molecule has 0 unspecified atom stereocenters. The van der Waals surface area contributed by atoms with E-state index in [-0.39, 0.29) is 0 Å². The van der Waals surface area contributed by atoms with Gasteiger partial charge in [-0.05, 0) is 37.3 Å². The van der Waals surface area contributed by atoms with Crippen LogP contribution in [0.5, 0.6) is 0 Å². The van der Waals surface area contributed by atoms with Gasteiger partial charge in [0.25, 0.3) is 0 Å². The number of rotatable bonds is 2. The van der Waals surface area contributed by atoms with Gasteiger partial charge in [0.05, 0.1) is 4.88 Å². The molecule has 0 aliphatic heterocycles. The molecule has 0 radical (unpaired) electrons. The van der Waals surface area contributed by atoms with Crippen LogP contribution in [0, 0.1) is 0 Å². The van der Waals surface area contributed by atoms with E-state index in [1.165, 1.54) is 47.4 Å². The van der Waals surface area contributed by atoms with Crippen LogP contribution in [0.2, 0.25) is 0 Å². The van der Waals surface area contributed by atoms with Gasteiger partial charge in [-0.15, -0.1) is 11.3 Å². The van der Waals surface area contributed by atoms with Gasteiger partial charge in [-0.3, -0.25) is 0 Å². The summed E-state index contributed by atoms with van der Waals surface area (Å²) in [5, 5.41) is 0. The average molecular weight is 234 g/mol.